The Morgan fingerprint density at radius 3 is 2.69 bits per heavy atom. The van der Waals surface area contributed by atoms with Crippen molar-refractivity contribution in [1.29, 1.82) is 0 Å². The van der Waals surface area contributed by atoms with E-state index in [0.717, 1.165) is 48.6 Å². The molecule has 1 unspecified atom stereocenters. The van der Waals surface area contributed by atoms with E-state index in [2.05, 4.69) is 19.7 Å². The van der Waals surface area contributed by atoms with E-state index >= 15 is 0 Å². The molecule has 8 heteroatoms. The number of aromatic nitrogens is 4. The first kappa shape index (κ1) is 20.9. The van der Waals surface area contributed by atoms with Crippen LogP contribution in [0.15, 0.2) is 42.6 Å². The van der Waals surface area contributed by atoms with Crippen molar-refractivity contribution in [3.63, 3.8) is 0 Å². The van der Waals surface area contributed by atoms with E-state index in [1.165, 1.54) is 7.11 Å². The highest BCUT2D eigenvalue weighted by molar-refractivity contribution is 6.30. The number of pyridine rings is 1. The standard InChI is InChI=1S/C24H25ClN4O3/c1-31-24(30)17-12-16-13-18(25)7-10-20(16)29-21(14-17)27-28-23(29)15-5-8-19(9-6-15)32-22-4-2-3-11-26-22/h2-4,7,10-11,13,15,17,19H,5-6,8-9,12,14H2,1H3. The summed E-state index contributed by atoms with van der Waals surface area (Å²) in [4.78, 5) is 16.7. The van der Waals surface area contributed by atoms with Gasteiger partial charge in [0.25, 0.3) is 0 Å². The van der Waals surface area contributed by atoms with Gasteiger partial charge in [-0.1, -0.05) is 17.7 Å². The number of carbonyl (C=O) groups is 1. The zero-order valence-electron chi connectivity index (χ0n) is 17.9. The molecular weight excluding hydrogens is 428 g/mol. The van der Waals surface area contributed by atoms with Crippen LogP contribution in [-0.4, -0.2) is 38.9 Å². The molecule has 166 valence electrons. The number of fused-ring (bicyclic) bond motifs is 3. The lowest BCUT2D eigenvalue weighted by molar-refractivity contribution is -0.145. The summed E-state index contributed by atoms with van der Waals surface area (Å²) in [6.07, 6.45) is 6.74. The van der Waals surface area contributed by atoms with Gasteiger partial charge in [-0.15, -0.1) is 10.2 Å². The van der Waals surface area contributed by atoms with Crippen molar-refractivity contribution >= 4 is 17.6 Å². The van der Waals surface area contributed by atoms with Crippen LogP contribution in [0.25, 0.3) is 5.69 Å². The van der Waals surface area contributed by atoms with E-state index in [0.29, 0.717) is 23.7 Å². The number of carbonyl (C=O) groups excluding carboxylic acids is 1. The second kappa shape index (κ2) is 8.90. The topological polar surface area (TPSA) is 79.1 Å². The summed E-state index contributed by atoms with van der Waals surface area (Å²) in [5.74, 6) is 2.15. The van der Waals surface area contributed by atoms with Crippen LogP contribution in [0.4, 0.5) is 0 Å². The SMILES string of the molecule is COC(=O)C1Cc2cc(Cl)ccc2-n2c(nnc2C2CCC(Oc3ccccn3)CC2)C1. The summed E-state index contributed by atoms with van der Waals surface area (Å²) in [5.41, 5.74) is 2.02. The van der Waals surface area contributed by atoms with E-state index in [1.54, 1.807) is 6.20 Å². The van der Waals surface area contributed by atoms with Gasteiger partial charge in [-0.25, -0.2) is 4.98 Å². The summed E-state index contributed by atoms with van der Waals surface area (Å²) >= 11 is 6.29. The summed E-state index contributed by atoms with van der Waals surface area (Å²) in [7, 11) is 1.42. The second-order valence-electron chi connectivity index (χ2n) is 8.47. The molecule has 0 spiro atoms. The third kappa shape index (κ3) is 4.09. The van der Waals surface area contributed by atoms with Crippen molar-refractivity contribution < 1.29 is 14.3 Å². The van der Waals surface area contributed by atoms with Gasteiger partial charge in [0.2, 0.25) is 5.88 Å². The molecule has 0 saturated heterocycles. The molecule has 1 aliphatic heterocycles. The Kier molecular flexibility index (Phi) is 5.83. The third-order valence-corrected chi connectivity index (χ3v) is 6.67. The number of hydrogen-bond acceptors (Lipinski definition) is 6. The molecule has 7 nitrogen and oxygen atoms in total. The van der Waals surface area contributed by atoms with E-state index < -0.39 is 0 Å². The predicted octanol–water partition coefficient (Wildman–Crippen LogP) is 4.31. The normalized spacial score (nSPS) is 22.4. The molecule has 1 saturated carbocycles. The molecule has 0 amide bonds. The van der Waals surface area contributed by atoms with Gasteiger partial charge < -0.3 is 9.47 Å². The minimum atomic E-state index is -0.307. The average Bonchev–Trinajstić information content (AvgIpc) is 3.15. The summed E-state index contributed by atoms with van der Waals surface area (Å²) in [5, 5.41) is 9.74. The predicted molar refractivity (Wildman–Crippen MR) is 119 cm³/mol. The second-order valence-corrected chi connectivity index (χ2v) is 8.91. The van der Waals surface area contributed by atoms with Gasteiger partial charge >= 0.3 is 5.97 Å². The van der Waals surface area contributed by atoms with Crippen LogP contribution in [0.3, 0.4) is 0 Å². The first-order chi connectivity index (χ1) is 15.6. The van der Waals surface area contributed by atoms with E-state index in [9.17, 15) is 4.79 Å². The van der Waals surface area contributed by atoms with Crippen LogP contribution in [0.2, 0.25) is 5.02 Å². The molecule has 0 bridgehead atoms. The fraction of sp³-hybridized carbons (Fsp3) is 0.417. The minimum Gasteiger partial charge on any atom is -0.474 e. The van der Waals surface area contributed by atoms with Crippen LogP contribution in [-0.2, 0) is 22.4 Å². The highest BCUT2D eigenvalue weighted by Gasteiger charge is 2.33. The van der Waals surface area contributed by atoms with E-state index in [-0.39, 0.29) is 23.9 Å². The molecule has 0 radical (unpaired) electrons. The van der Waals surface area contributed by atoms with Gasteiger partial charge in [0.15, 0.2) is 0 Å². The molecule has 2 aromatic heterocycles. The molecule has 1 fully saturated rings. The summed E-state index contributed by atoms with van der Waals surface area (Å²) < 4.78 is 13.2. The quantitative estimate of drug-likeness (QED) is 0.549. The number of methoxy groups -OCH3 is 1. The maximum absolute atomic E-state index is 12.4. The first-order valence-electron chi connectivity index (χ1n) is 11.0. The Labute approximate surface area is 191 Å². The molecule has 0 N–H and O–H groups in total. The molecule has 32 heavy (non-hydrogen) atoms. The maximum Gasteiger partial charge on any atom is 0.309 e. The first-order valence-corrected chi connectivity index (χ1v) is 11.4. The van der Waals surface area contributed by atoms with Gasteiger partial charge in [-0.3, -0.25) is 9.36 Å². The number of benzene rings is 1. The Balaban J connectivity index is 1.41. The third-order valence-electron chi connectivity index (χ3n) is 6.43. The lowest BCUT2D eigenvalue weighted by Crippen LogP contribution is -2.25. The number of esters is 1. The van der Waals surface area contributed by atoms with Crippen LogP contribution in [0.5, 0.6) is 5.88 Å². The smallest absolute Gasteiger partial charge is 0.309 e. The fourth-order valence-electron chi connectivity index (χ4n) is 4.84. The molecule has 1 aromatic carbocycles. The summed E-state index contributed by atoms with van der Waals surface area (Å²) in [6.45, 7) is 0. The number of halogens is 1. The van der Waals surface area contributed by atoms with Gasteiger partial charge in [-0.05, 0) is 61.9 Å². The highest BCUT2D eigenvalue weighted by Crippen LogP contribution is 2.37. The monoisotopic (exact) mass is 452 g/mol. The number of hydrogen-bond donors (Lipinski definition) is 0. The summed E-state index contributed by atoms with van der Waals surface area (Å²) in [6, 6.07) is 11.5. The van der Waals surface area contributed by atoms with Gasteiger partial charge in [0, 0.05) is 29.6 Å². The lowest BCUT2D eigenvalue weighted by atomic mass is 9.86. The maximum atomic E-state index is 12.4. The Morgan fingerprint density at radius 2 is 1.94 bits per heavy atom. The van der Waals surface area contributed by atoms with Crippen molar-refractivity contribution in [3.8, 4) is 11.6 Å². The fourth-order valence-corrected chi connectivity index (χ4v) is 5.04. The molecule has 3 heterocycles. The molecule has 1 atom stereocenters. The number of nitrogens with zero attached hydrogens (tertiary/aromatic N) is 4. The van der Waals surface area contributed by atoms with Gasteiger partial charge in [-0.2, -0.15) is 0 Å². The van der Waals surface area contributed by atoms with Crippen molar-refractivity contribution in [2.75, 3.05) is 7.11 Å². The van der Waals surface area contributed by atoms with Crippen LogP contribution < -0.4 is 4.74 Å². The minimum absolute atomic E-state index is 0.155. The molecule has 3 aromatic rings. The molecule has 1 aliphatic carbocycles. The molecular formula is C24H25ClN4O3. The number of rotatable bonds is 4. The van der Waals surface area contributed by atoms with Crippen LogP contribution in [0.1, 0.15) is 48.8 Å². The Morgan fingerprint density at radius 1 is 1.09 bits per heavy atom. The van der Waals surface area contributed by atoms with Crippen molar-refractivity contribution in [2.24, 2.45) is 5.92 Å². The average molecular weight is 453 g/mol. The van der Waals surface area contributed by atoms with Crippen LogP contribution >= 0.6 is 11.6 Å². The van der Waals surface area contributed by atoms with Crippen molar-refractivity contribution in [3.05, 3.63) is 64.8 Å². The van der Waals surface area contributed by atoms with E-state index in [4.69, 9.17) is 21.1 Å². The highest BCUT2D eigenvalue weighted by atomic mass is 35.5. The van der Waals surface area contributed by atoms with Crippen molar-refractivity contribution in [1.82, 2.24) is 19.7 Å². The molecule has 2 aliphatic rings. The largest absolute Gasteiger partial charge is 0.474 e. The zero-order valence-corrected chi connectivity index (χ0v) is 18.7. The van der Waals surface area contributed by atoms with Crippen LogP contribution in [0, 0.1) is 5.92 Å². The van der Waals surface area contributed by atoms with E-state index in [1.807, 2.05) is 36.4 Å². The number of ether oxygens (including phenoxy) is 2. The zero-order chi connectivity index (χ0) is 22.1. The lowest BCUT2D eigenvalue weighted by Gasteiger charge is -2.28. The Bertz CT molecular complexity index is 1110. The van der Waals surface area contributed by atoms with Gasteiger partial charge in [0.05, 0.1) is 18.7 Å². The Hall–Kier alpha value is -2.93. The van der Waals surface area contributed by atoms with Crippen molar-refractivity contribution in [2.45, 2.75) is 50.5 Å². The van der Waals surface area contributed by atoms with Gasteiger partial charge in [0.1, 0.15) is 17.8 Å². The molecule has 5 rings (SSSR count).